The molecule has 0 radical (unpaired) electrons. The molecule has 0 spiro atoms. The first kappa shape index (κ1) is 13.0. The van der Waals surface area contributed by atoms with Crippen LogP contribution in [-0.2, 0) is 0 Å². The normalized spacial score (nSPS) is 25.4. The molecule has 2 heteroatoms. The molecule has 1 aliphatic rings. The van der Waals surface area contributed by atoms with Crippen LogP contribution in [0.25, 0.3) is 0 Å². The lowest BCUT2D eigenvalue weighted by atomic mass is 9.98. The molecule has 0 saturated carbocycles. The van der Waals surface area contributed by atoms with Crippen LogP contribution in [0, 0.1) is 5.92 Å². The van der Waals surface area contributed by atoms with E-state index >= 15 is 0 Å². The Hall–Kier alpha value is -0.0800. The summed E-state index contributed by atoms with van der Waals surface area (Å²) < 4.78 is 0. The van der Waals surface area contributed by atoms with Gasteiger partial charge in [0.05, 0.1) is 0 Å². The summed E-state index contributed by atoms with van der Waals surface area (Å²) in [6.07, 6.45) is 5.51. The zero-order valence-corrected chi connectivity index (χ0v) is 10.8. The first-order valence-electron chi connectivity index (χ1n) is 6.72. The fraction of sp³-hybridized carbons (Fsp3) is 1.00. The van der Waals surface area contributed by atoms with E-state index in [-0.39, 0.29) is 0 Å². The van der Waals surface area contributed by atoms with Gasteiger partial charge in [-0.05, 0) is 19.3 Å². The molecule has 0 aromatic heterocycles. The molecule has 0 aromatic carbocycles. The van der Waals surface area contributed by atoms with Crippen LogP contribution >= 0.6 is 0 Å². The van der Waals surface area contributed by atoms with Crippen molar-refractivity contribution in [2.45, 2.75) is 52.5 Å². The highest BCUT2D eigenvalue weighted by Gasteiger charge is 2.20. The lowest BCUT2D eigenvalue weighted by Crippen LogP contribution is -2.51. The van der Waals surface area contributed by atoms with Gasteiger partial charge in [-0.2, -0.15) is 0 Å². The Balaban J connectivity index is 2.29. The van der Waals surface area contributed by atoms with Gasteiger partial charge in [-0.3, -0.25) is 4.90 Å². The minimum atomic E-state index is 0.731. The van der Waals surface area contributed by atoms with Crippen LogP contribution in [0.15, 0.2) is 0 Å². The summed E-state index contributed by atoms with van der Waals surface area (Å²) in [4.78, 5) is 2.67. The quantitative estimate of drug-likeness (QED) is 0.728. The van der Waals surface area contributed by atoms with Crippen LogP contribution in [0.3, 0.4) is 0 Å². The smallest absolute Gasteiger partial charge is 0.0193 e. The van der Waals surface area contributed by atoms with Crippen molar-refractivity contribution >= 4 is 0 Å². The first-order chi connectivity index (χ1) is 7.27. The molecule has 1 rings (SSSR count). The van der Waals surface area contributed by atoms with Gasteiger partial charge in [-0.15, -0.1) is 0 Å². The number of rotatable bonds is 6. The maximum Gasteiger partial charge on any atom is 0.0193 e. The highest BCUT2D eigenvalue weighted by atomic mass is 15.2. The minimum Gasteiger partial charge on any atom is -0.314 e. The lowest BCUT2D eigenvalue weighted by molar-refractivity contribution is 0.142. The Morgan fingerprint density at radius 2 is 2.20 bits per heavy atom. The van der Waals surface area contributed by atoms with Crippen molar-refractivity contribution in [1.82, 2.24) is 10.2 Å². The second-order valence-corrected chi connectivity index (χ2v) is 4.96. The van der Waals surface area contributed by atoms with Gasteiger partial charge >= 0.3 is 0 Å². The van der Waals surface area contributed by atoms with E-state index in [9.17, 15) is 0 Å². The number of piperazine rings is 1. The second kappa shape index (κ2) is 7.24. The fourth-order valence-corrected chi connectivity index (χ4v) is 2.40. The number of hydrogen-bond acceptors (Lipinski definition) is 2. The summed E-state index contributed by atoms with van der Waals surface area (Å²) in [5, 5.41) is 3.46. The summed E-state index contributed by atoms with van der Waals surface area (Å²) >= 11 is 0. The Bertz CT molecular complexity index is 159. The highest BCUT2D eigenvalue weighted by Crippen LogP contribution is 2.16. The molecule has 2 nitrogen and oxygen atoms in total. The summed E-state index contributed by atoms with van der Waals surface area (Å²) in [6.45, 7) is 11.9. The first-order valence-corrected chi connectivity index (χ1v) is 6.72. The average Bonchev–Trinajstić information content (AvgIpc) is 2.26. The monoisotopic (exact) mass is 212 g/mol. The zero-order valence-electron chi connectivity index (χ0n) is 10.8. The lowest BCUT2D eigenvalue weighted by Gasteiger charge is -2.36. The summed E-state index contributed by atoms with van der Waals surface area (Å²) in [5.74, 6) is 0.922. The van der Waals surface area contributed by atoms with Crippen LogP contribution in [-0.4, -0.2) is 37.1 Å². The molecule has 2 atom stereocenters. The van der Waals surface area contributed by atoms with Crippen LogP contribution in [0.5, 0.6) is 0 Å². The predicted octanol–water partition coefficient (Wildman–Crippen LogP) is 2.50. The van der Waals surface area contributed by atoms with Crippen molar-refractivity contribution in [3.05, 3.63) is 0 Å². The van der Waals surface area contributed by atoms with E-state index in [1.807, 2.05) is 0 Å². The number of hydrogen-bond donors (Lipinski definition) is 1. The Kier molecular flexibility index (Phi) is 6.26. The number of unbranched alkanes of at least 4 members (excludes halogenated alkanes) is 1. The number of nitrogens with zero attached hydrogens (tertiary/aromatic N) is 1. The second-order valence-electron chi connectivity index (χ2n) is 4.96. The molecule has 0 aromatic rings. The van der Waals surface area contributed by atoms with Gasteiger partial charge < -0.3 is 5.32 Å². The van der Waals surface area contributed by atoms with E-state index in [0.29, 0.717) is 0 Å². The summed E-state index contributed by atoms with van der Waals surface area (Å²) in [5.41, 5.74) is 0. The van der Waals surface area contributed by atoms with Crippen LogP contribution in [0.4, 0.5) is 0 Å². The molecule has 15 heavy (non-hydrogen) atoms. The molecule has 0 unspecified atom stereocenters. The predicted molar refractivity (Wildman–Crippen MR) is 67.2 cm³/mol. The van der Waals surface area contributed by atoms with Crippen LogP contribution < -0.4 is 5.32 Å². The van der Waals surface area contributed by atoms with E-state index in [4.69, 9.17) is 0 Å². The summed E-state index contributed by atoms with van der Waals surface area (Å²) in [7, 11) is 0. The zero-order chi connectivity index (χ0) is 11.1. The molecule has 0 bridgehead atoms. The molecule has 1 fully saturated rings. The van der Waals surface area contributed by atoms with Crippen molar-refractivity contribution in [2.24, 2.45) is 5.92 Å². The SMILES string of the molecule is CCCC[C@H](CC)CN1CCNC[C@H]1C. The van der Waals surface area contributed by atoms with Crippen molar-refractivity contribution in [1.29, 1.82) is 0 Å². The Labute approximate surface area is 95.4 Å². The van der Waals surface area contributed by atoms with Gasteiger partial charge in [0.15, 0.2) is 0 Å². The molecule has 1 saturated heterocycles. The van der Waals surface area contributed by atoms with Gasteiger partial charge in [0.1, 0.15) is 0 Å². The Morgan fingerprint density at radius 3 is 2.80 bits per heavy atom. The largest absolute Gasteiger partial charge is 0.314 e. The average molecular weight is 212 g/mol. The van der Waals surface area contributed by atoms with Crippen molar-refractivity contribution in [3.63, 3.8) is 0 Å². The van der Waals surface area contributed by atoms with Crippen LogP contribution in [0.1, 0.15) is 46.5 Å². The maximum atomic E-state index is 3.46. The maximum absolute atomic E-state index is 3.46. The molecule has 1 N–H and O–H groups in total. The van der Waals surface area contributed by atoms with Gasteiger partial charge in [-0.25, -0.2) is 0 Å². The van der Waals surface area contributed by atoms with Gasteiger partial charge in [0, 0.05) is 32.2 Å². The molecule has 0 amide bonds. The van der Waals surface area contributed by atoms with Crippen molar-refractivity contribution < 1.29 is 0 Å². The molecule has 1 heterocycles. The topological polar surface area (TPSA) is 15.3 Å². The van der Waals surface area contributed by atoms with E-state index in [2.05, 4.69) is 31.0 Å². The molecule has 0 aliphatic carbocycles. The van der Waals surface area contributed by atoms with E-state index in [1.54, 1.807) is 0 Å². The van der Waals surface area contributed by atoms with Gasteiger partial charge in [-0.1, -0.05) is 33.1 Å². The third kappa shape index (κ3) is 4.52. The van der Waals surface area contributed by atoms with Crippen molar-refractivity contribution in [3.8, 4) is 0 Å². The molecular weight excluding hydrogens is 184 g/mol. The number of nitrogens with one attached hydrogen (secondary N) is 1. The van der Waals surface area contributed by atoms with E-state index in [0.717, 1.165) is 12.0 Å². The van der Waals surface area contributed by atoms with E-state index < -0.39 is 0 Å². The van der Waals surface area contributed by atoms with Gasteiger partial charge in [0.2, 0.25) is 0 Å². The minimum absolute atomic E-state index is 0.731. The molecule has 90 valence electrons. The fourth-order valence-electron chi connectivity index (χ4n) is 2.40. The third-order valence-electron chi connectivity index (χ3n) is 3.67. The summed E-state index contributed by atoms with van der Waals surface area (Å²) in [6, 6.07) is 0.731. The van der Waals surface area contributed by atoms with Crippen LogP contribution in [0.2, 0.25) is 0 Å². The Morgan fingerprint density at radius 1 is 1.40 bits per heavy atom. The van der Waals surface area contributed by atoms with Gasteiger partial charge in [0.25, 0.3) is 0 Å². The van der Waals surface area contributed by atoms with Crippen molar-refractivity contribution in [2.75, 3.05) is 26.2 Å². The highest BCUT2D eigenvalue weighted by molar-refractivity contribution is 4.77. The van der Waals surface area contributed by atoms with E-state index in [1.165, 1.54) is 51.9 Å². The standard InChI is InChI=1S/C13H28N2/c1-4-6-7-13(5-2)11-15-9-8-14-10-12(15)3/h12-14H,4-11H2,1-3H3/t12-,13+/m1/s1. The molecule has 1 aliphatic heterocycles. The third-order valence-corrected chi connectivity index (χ3v) is 3.67. The molecular formula is C13H28N2.